The van der Waals surface area contributed by atoms with Gasteiger partial charge >= 0.3 is 11.9 Å². The molecule has 0 aliphatic carbocycles. The fourth-order valence-electron chi connectivity index (χ4n) is 4.10. The molecule has 8 nitrogen and oxygen atoms in total. The second kappa shape index (κ2) is 13.2. The van der Waals surface area contributed by atoms with Gasteiger partial charge in [-0.05, 0) is 63.4 Å². The van der Waals surface area contributed by atoms with E-state index in [0.29, 0.717) is 0 Å². The summed E-state index contributed by atoms with van der Waals surface area (Å²) in [7, 11) is 0. The summed E-state index contributed by atoms with van der Waals surface area (Å²) >= 11 is 0. The molecule has 0 amide bonds. The lowest BCUT2D eigenvalue weighted by atomic mass is 10.00. The molecule has 8 heteroatoms. The molecule has 2 heterocycles. The molecule has 4 aromatic rings. The molecule has 0 unspecified atom stereocenters. The first-order chi connectivity index (χ1) is 18.6. The average molecular weight is 527 g/mol. The van der Waals surface area contributed by atoms with Gasteiger partial charge in [-0.2, -0.15) is 0 Å². The topological polar surface area (TPSA) is 124 Å². The van der Waals surface area contributed by atoms with Crippen LogP contribution < -0.4 is 10.6 Å². The summed E-state index contributed by atoms with van der Waals surface area (Å²) in [5.74, 6) is -1.78. The average Bonchev–Trinajstić information content (AvgIpc) is 2.89. The van der Waals surface area contributed by atoms with Crippen LogP contribution in [0.4, 0.5) is 11.4 Å². The predicted octanol–water partition coefficient (Wildman–Crippen LogP) is 6.19. The first kappa shape index (κ1) is 28.8. The van der Waals surface area contributed by atoms with Crippen LogP contribution in [0.1, 0.15) is 30.5 Å². The molecule has 202 valence electrons. The van der Waals surface area contributed by atoms with Crippen LogP contribution in [-0.2, 0) is 9.59 Å². The molecule has 0 saturated carbocycles. The maximum absolute atomic E-state index is 11.0. The van der Waals surface area contributed by atoms with Gasteiger partial charge in [0.05, 0.1) is 23.8 Å². The van der Waals surface area contributed by atoms with Crippen LogP contribution in [-0.4, -0.2) is 44.2 Å². The van der Waals surface area contributed by atoms with Crippen LogP contribution in [0, 0.1) is 20.8 Å². The summed E-state index contributed by atoms with van der Waals surface area (Å²) in [6.45, 7) is 9.34. The maximum Gasteiger partial charge on any atom is 0.325 e. The quantitative estimate of drug-likeness (QED) is 0.214. The molecule has 0 aliphatic rings. The van der Waals surface area contributed by atoms with Gasteiger partial charge in [0.1, 0.15) is 12.1 Å². The summed E-state index contributed by atoms with van der Waals surface area (Å²) in [4.78, 5) is 30.0. The fourth-order valence-corrected chi connectivity index (χ4v) is 4.10. The van der Waals surface area contributed by atoms with Gasteiger partial charge in [0, 0.05) is 23.5 Å². The first-order valence-electron chi connectivity index (χ1n) is 12.6. The van der Waals surface area contributed by atoms with Crippen molar-refractivity contribution in [3.05, 3.63) is 96.1 Å². The van der Waals surface area contributed by atoms with Crippen LogP contribution in [0.5, 0.6) is 0 Å². The second-order valence-corrected chi connectivity index (χ2v) is 9.44. The third kappa shape index (κ3) is 7.88. The Bertz CT molecular complexity index is 1430. The van der Waals surface area contributed by atoms with E-state index in [1.165, 1.54) is 11.1 Å². The van der Waals surface area contributed by atoms with Crippen molar-refractivity contribution < 1.29 is 19.8 Å². The molecule has 0 aliphatic heterocycles. The molecule has 4 N–H and O–H groups in total. The Morgan fingerprint density at radius 1 is 0.692 bits per heavy atom. The summed E-state index contributed by atoms with van der Waals surface area (Å²) in [6, 6.07) is 16.7. The minimum Gasteiger partial charge on any atom is -0.480 e. The number of benzene rings is 2. The number of aromatic nitrogens is 2. The van der Waals surface area contributed by atoms with Crippen molar-refractivity contribution in [2.75, 3.05) is 10.6 Å². The Hall–Kier alpha value is -4.72. The number of rotatable bonds is 8. The molecule has 4 rings (SSSR count). The number of carboxylic acid groups (broad SMARTS) is 2. The van der Waals surface area contributed by atoms with Gasteiger partial charge in [-0.1, -0.05) is 53.6 Å². The Labute approximate surface area is 228 Å². The van der Waals surface area contributed by atoms with E-state index in [-0.39, 0.29) is 0 Å². The third-order valence-electron chi connectivity index (χ3n) is 6.09. The SMILES string of the molecule is Cc1cc(C)cc(-c2ccncc2N[C@@H](C)C(=O)O)c1.Cc1ccccc1-c1ccncc1N[C@@H](C)C(=O)O. The number of hydrogen-bond acceptors (Lipinski definition) is 6. The zero-order valence-corrected chi connectivity index (χ0v) is 22.8. The van der Waals surface area contributed by atoms with Crippen LogP contribution in [0.2, 0.25) is 0 Å². The minimum absolute atomic E-state index is 0.660. The molecule has 2 atom stereocenters. The number of nitrogens with one attached hydrogen (secondary N) is 2. The van der Waals surface area contributed by atoms with Gasteiger partial charge < -0.3 is 20.8 Å². The zero-order valence-electron chi connectivity index (χ0n) is 22.8. The number of anilines is 2. The van der Waals surface area contributed by atoms with Gasteiger partial charge in [0.2, 0.25) is 0 Å². The predicted molar refractivity (Wildman–Crippen MR) is 155 cm³/mol. The standard InChI is InChI=1S/C16H18N2O2.C15H16N2O2/c1-10-6-11(2)8-13(7-10)14-4-5-17-9-15(14)18-12(3)16(19)20;1-10-5-3-4-6-12(10)13-7-8-16-9-14(13)17-11(2)15(18)19/h4-9,12,18H,1-3H3,(H,19,20);3-9,11,17H,1-2H3,(H,18,19)/t12-;11-/m00/s1. The van der Waals surface area contributed by atoms with E-state index in [1.807, 2.05) is 57.2 Å². The van der Waals surface area contributed by atoms with E-state index < -0.39 is 24.0 Å². The summed E-state index contributed by atoms with van der Waals surface area (Å²) < 4.78 is 0. The van der Waals surface area contributed by atoms with Gasteiger partial charge in [-0.25, -0.2) is 0 Å². The van der Waals surface area contributed by atoms with E-state index in [0.717, 1.165) is 39.2 Å². The molecular formula is C31H34N4O4. The molecule has 0 bridgehead atoms. The molecule has 0 radical (unpaired) electrons. The molecule has 2 aromatic carbocycles. The smallest absolute Gasteiger partial charge is 0.325 e. The number of hydrogen-bond donors (Lipinski definition) is 4. The highest BCUT2D eigenvalue weighted by molar-refractivity contribution is 5.84. The summed E-state index contributed by atoms with van der Waals surface area (Å²) in [5.41, 5.74) is 9.00. The zero-order chi connectivity index (χ0) is 28.5. The highest BCUT2D eigenvalue weighted by Crippen LogP contribution is 2.30. The van der Waals surface area contributed by atoms with Gasteiger partial charge in [-0.15, -0.1) is 0 Å². The van der Waals surface area contributed by atoms with Gasteiger partial charge in [0.25, 0.3) is 0 Å². The highest BCUT2D eigenvalue weighted by Gasteiger charge is 2.15. The normalized spacial score (nSPS) is 11.9. The summed E-state index contributed by atoms with van der Waals surface area (Å²) in [5, 5.41) is 23.9. The Balaban J connectivity index is 0.000000216. The van der Waals surface area contributed by atoms with E-state index in [9.17, 15) is 9.59 Å². The van der Waals surface area contributed by atoms with Gasteiger partial charge in [-0.3, -0.25) is 19.6 Å². The van der Waals surface area contributed by atoms with E-state index in [1.54, 1.807) is 38.6 Å². The van der Waals surface area contributed by atoms with Crippen molar-refractivity contribution in [3.8, 4) is 22.3 Å². The van der Waals surface area contributed by atoms with E-state index >= 15 is 0 Å². The van der Waals surface area contributed by atoms with Crippen molar-refractivity contribution in [3.63, 3.8) is 0 Å². The summed E-state index contributed by atoms with van der Waals surface area (Å²) in [6.07, 6.45) is 6.73. The Kier molecular flexibility index (Phi) is 9.75. The van der Waals surface area contributed by atoms with Gasteiger partial charge in [0.15, 0.2) is 0 Å². The maximum atomic E-state index is 11.0. The number of carboxylic acids is 2. The van der Waals surface area contributed by atoms with Crippen LogP contribution >= 0.6 is 0 Å². The van der Waals surface area contributed by atoms with Crippen LogP contribution in [0.3, 0.4) is 0 Å². The van der Waals surface area contributed by atoms with Crippen molar-refractivity contribution >= 4 is 23.3 Å². The van der Waals surface area contributed by atoms with Crippen molar-refractivity contribution in [2.45, 2.75) is 46.7 Å². The molecular weight excluding hydrogens is 492 g/mol. The Morgan fingerprint density at radius 3 is 1.69 bits per heavy atom. The number of aliphatic carboxylic acids is 2. The van der Waals surface area contributed by atoms with Crippen molar-refractivity contribution in [1.29, 1.82) is 0 Å². The molecule has 0 spiro atoms. The third-order valence-corrected chi connectivity index (χ3v) is 6.09. The highest BCUT2D eigenvalue weighted by atomic mass is 16.4. The molecule has 0 fully saturated rings. The number of nitrogens with zero attached hydrogens (tertiary/aromatic N) is 2. The lowest BCUT2D eigenvalue weighted by molar-refractivity contribution is -0.138. The Morgan fingerprint density at radius 2 is 1.18 bits per heavy atom. The number of aryl methyl sites for hydroxylation is 3. The van der Waals surface area contributed by atoms with Crippen LogP contribution in [0.25, 0.3) is 22.3 Å². The number of pyridine rings is 2. The minimum atomic E-state index is -0.889. The monoisotopic (exact) mass is 526 g/mol. The van der Waals surface area contributed by atoms with E-state index in [2.05, 4.69) is 38.8 Å². The fraction of sp³-hybridized carbons (Fsp3) is 0.226. The first-order valence-corrected chi connectivity index (χ1v) is 12.6. The lowest BCUT2D eigenvalue weighted by Crippen LogP contribution is -2.25. The number of carbonyl (C=O) groups is 2. The molecule has 0 saturated heterocycles. The lowest BCUT2D eigenvalue weighted by Gasteiger charge is -2.15. The van der Waals surface area contributed by atoms with Crippen molar-refractivity contribution in [1.82, 2.24) is 9.97 Å². The molecule has 39 heavy (non-hydrogen) atoms. The largest absolute Gasteiger partial charge is 0.480 e. The van der Waals surface area contributed by atoms with E-state index in [4.69, 9.17) is 10.2 Å². The van der Waals surface area contributed by atoms with Crippen molar-refractivity contribution in [2.24, 2.45) is 0 Å². The van der Waals surface area contributed by atoms with Crippen LogP contribution in [0.15, 0.2) is 79.4 Å². The second-order valence-electron chi connectivity index (χ2n) is 9.44. The molecule has 2 aromatic heterocycles.